The first-order chi connectivity index (χ1) is 6.55. The van der Waals surface area contributed by atoms with Crippen LogP contribution in [0.15, 0.2) is 0 Å². The van der Waals surface area contributed by atoms with Gasteiger partial charge >= 0.3 is 0 Å². The minimum absolute atomic E-state index is 0.298. The van der Waals surface area contributed by atoms with Gasteiger partial charge in [0.15, 0.2) is 0 Å². The van der Waals surface area contributed by atoms with Crippen molar-refractivity contribution in [3.05, 3.63) is 0 Å². The zero-order valence-corrected chi connectivity index (χ0v) is 9.92. The molecule has 1 heterocycles. The molecule has 2 heteroatoms. The van der Waals surface area contributed by atoms with Crippen LogP contribution >= 0.6 is 0 Å². The second kappa shape index (κ2) is 5.13. The predicted octanol–water partition coefficient (Wildman–Crippen LogP) is 2.27. The number of rotatable bonds is 2. The quantitative estimate of drug-likeness (QED) is 0.737. The van der Waals surface area contributed by atoms with Gasteiger partial charge in [-0.05, 0) is 24.8 Å². The van der Waals surface area contributed by atoms with E-state index in [1.54, 1.807) is 0 Å². The van der Waals surface area contributed by atoms with Gasteiger partial charge in [-0.2, -0.15) is 0 Å². The molecule has 14 heavy (non-hydrogen) atoms. The number of aliphatic hydroxyl groups is 1. The Labute approximate surface area is 88.3 Å². The second-order valence-corrected chi connectivity index (χ2v) is 5.49. The summed E-state index contributed by atoms with van der Waals surface area (Å²) in [5.41, 5.74) is 0.347. The Morgan fingerprint density at radius 1 is 1.21 bits per heavy atom. The molecule has 2 nitrogen and oxygen atoms in total. The zero-order chi connectivity index (χ0) is 10.6. The van der Waals surface area contributed by atoms with Gasteiger partial charge in [0.25, 0.3) is 0 Å². The van der Waals surface area contributed by atoms with Crippen LogP contribution in [0.1, 0.15) is 46.5 Å². The van der Waals surface area contributed by atoms with Crippen LogP contribution in [0.4, 0.5) is 0 Å². The zero-order valence-electron chi connectivity index (χ0n) is 9.92. The van der Waals surface area contributed by atoms with Crippen molar-refractivity contribution in [2.45, 2.75) is 52.5 Å². The maximum Gasteiger partial charge on any atom is 0.0558 e. The van der Waals surface area contributed by atoms with Gasteiger partial charge in [-0.3, -0.25) is 4.90 Å². The SMILES string of the molecule is CC(C)(C)C1CCCCCN1CCO. The third-order valence-electron chi connectivity index (χ3n) is 3.25. The van der Waals surface area contributed by atoms with Crippen molar-refractivity contribution in [3.63, 3.8) is 0 Å². The lowest BCUT2D eigenvalue weighted by atomic mass is 9.83. The lowest BCUT2D eigenvalue weighted by Crippen LogP contribution is -2.44. The second-order valence-electron chi connectivity index (χ2n) is 5.49. The third-order valence-corrected chi connectivity index (χ3v) is 3.25. The minimum Gasteiger partial charge on any atom is -0.395 e. The molecule has 1 aliphatic rings. The summed E-state index contributed by atoms with van der Waals surface area (Å²) in [4.78, 5) is 2.48. The lowest BCUT2D eigenvalue weighted by molar-refractivity contribution is 0.0812. The predicted molar refractivity (Wildman–Crippen MR) is 60.4 cm³/mol. The molecule has 1 aliphatic heterocycles. The maximum absolute atomic E-state index is 9.05. The van der Waals surface area contributed by atoms with E-state index in [0.717, 1.165) is 6.54 Å². The number of hydrogen-bond donors (Lipinski definition) is 1. The lowest BCUT2D eigenvalue weighted by Gasteiger charge is -2.39. The fraction of sp³-hybridized carbons (Fsp3) is 1.00. The maximum atomic E-state index is 9.05. The molecule has 0 amide bonds. The Hall–Kier alpha value is -0.0800. The van der Waals surface area contributed by atoms with Gasteiger partial charge in [0, 0.05) is 12.6 Å². The van der Waals surface area contributed by atoms with Crippen molar-refractivity contribution >= 4 is 0 Å². The number of aliphatic hydroxyl groups excluding tert-OH is 1. The number of nitrogens with zero attached hydrogens (tertiary/aromatic N) is 1. The van der Waals surface area contributed by atoms with Crippen molar-refractivity contribution in [2.24, 2.45) is 5.41 Å². The molecule has 1 unspecified atom stereocenters. The summed E-state index contributed by atoms with van der Waals surface area (Å²) in [6.45, 7) is 9.26. The molecule has 0 aliphatic carbocycles. The molecule has 1 fully saturated rings. The number of likely N-dealkylation sites (tertiary alicyclic amines) is 1. The highest BCUT2D eigenvalue weighted by Gasteiger charge is 2.30. The van der Waals surface area contributed by atoms with E-state index in [-0.39, 0.29) is 0 Å². The topological polar surface area (TPSA) is 23.5 Å². The highest BCUT2D eigenvalue weighted by molar-refractivity contribution is 4.84. The fourth-order valence-corrected chi connectivity index (χ4v) is 2.54. The van der Waals surface area contributed by atoms with Crippen LogP contribution in [0.25, 0.3) is 0 Å². The van der Waals surface area contributed by atoms with Gasteiger partial charge in [0.1, 0.15) is 0 Å². The smallest absolute Gasteiger partial charge is 0.0558 e. The molecule has 1 N–H and O–H groups in total. The molecule has 1 atom stereocenters. The van der Waals surface area contributed by atoms with Crippen LogP contribution in [-0.4, -0.2) is 35.7 Å². The average Bonchev–Trinajstić information content (AvgIpc) is 2.29. The van der Waals surface area contributed by atoms with Crippen LogP contribution in [0.2, 0.25) is 0 Å². The number of hydrogen-bond acceptors (Lipinski definition) is 2. The molecule has 1 saturated heterocycles. The van der Waals surface area contributed by atoms with Gasteiger partial charge in [0.05, 0.1) is 6.61 Å². The van der Waals surface area contributed by atoms with Crippen molar-refractivity contribution in [3.8, 4) is 0 Å². The molecule has 1 rings (SSSR count). The first kappa shape index (κ1) is 12.0. The van der Waals surface area contributed by atoms with E-state index < -0.39 is 0 Å². The first-order valence-electron chi connectivity index (χ1n) is 5.90. The molecule has 84 valence electrons. The Kier molecular flexibility index (Phi) is 4.39. The average molecular weight is 199 g/mol. The standard InChI is InChI=1S/C12H25NO/c1-12(2,3)11-7-5-4-6-8-13(11)9-10-14/h11,14H,4-10H2,1-3H3. The summed E-state index contributed by atoms with van der Waals surface area (Å²) in [6.07, 6.45) is 5.30. The van der Waals surface area contributed by atoms with Crippen molar-refractivity contribution in [1.29, 1.82) is 0 Å². The summed E-state index contributed by atoms with van der Waals surface area (Å²) in [5, 5.41) is 9.05. The molecule has 0 radical (unpaired) electrons. The minimum atomic E-state index is 0.298. The van der Waals surface area contributed by atoms with Gasteiger partial charge in [0.2, 0.25) is 0 Å². The van der Waals surface area contributed by atoms with Crippen molar-refractivity contribution < 1.29 is 5.11 Å². The van der Waals surface area contributed by atoms with Crippen LogP contribution in [0, 0.1) is 5.41 Å². The van der Waals surface area contributed by atoms with E-state index in [1.807, 2.05) is 0 Å². The molecule has 0 bridgehead atoms. The van der Waals surface area contributed by atoms with Crippen LogP contribution in [-0.2, 0) is 0 Å². The normalized spacial score (nSPS) is 26.1. The largest absolute Gasteiger partial charge is 0.395 e. The van der Waals surface area contributed by atoms with Crippen LogP contribution < -0.4 is 0 Å². The van der Waals surface area contributed by atoms with E-state index in [4.69, 9.17) is 5.11 Å². The molecule has 0 aromatic rings. The summed E-state index contributed by atoms with van der Waals surface area (Å²) >= 11 is 0. The van der Waals surface area contributed by atoms with Crippen molar-refractivity contribution in [1.82, 2.24) is 4.90 Å². The van der Waals surface area contributed by atoms with Crippen LogP contribution in [0.3, 0.4) is 0 Å². The first-order valence-corrected chi connectivity index (χ1v) is 5.90. The molecular formula is C12H25NO. The highest BCUT2D eigenvalue weighted by Crippen LogP contribution is 2.30. The third kappa shape index (κ3) is 3.25. The summed E-state index contributed by atoms with van der Waals surface area (Å²) in [6, 6.07) is 0.650. The highest BCUT2D eigenvalue weighted by atomic mass is 16.3. The van der Waals surface area contributed by atoms with E-state index in [1.165, 1.54) is 32.2 Å². The fourth-order valence-electron chi connectivity index (χ4n) is 2.54. The monoisotopic (exact) mass is 199 g/mol. The van der Waals surface area contributed by atoms with Gasteiger partial charge < -0.3 is 5.11 Å². The summed E-state index contributed by atoms with van der Waals surface area (Å²) in [7, 11) is 0. The van der Waals surface area contributed by atoms with Crippen molar-refractivity contribution in [2.75, 3.05) is 19.7 Å². The van der Waals surface area contributed by atoms with Gasteiger partial charge in [-0.25, -0.2) is 0 Å². The summed E-state index contributed by atoms with van der Waals surface area (Å²) in [5.74, 6) is 0. The molecule has 0 saturated carbocycles. The van der Waals surface area contributed by atoms with Gasteiger partial charge in [-0.15, -0.1) is 0 Å². The Bertz CT molecular complexity index is 162. The van der Waals surface area contributed by atoms with E-state index in [9.17, 15) is 0 Å². The number of β-amino-alcohol motifs (C(OH)–C–C–N with tert-alkyl or cyclic N) is 1. The molecule has 0 spiro atoms. The Balaban J connectivity index is 2.64. The summed E-state index contributed by atoms with van der Waals surface area (Å²) < 4.78 is 0. The van der Waals surface area contributed by atoms with E-state index in [2.05, 4.69) is 25.7 Å². The molecular weight excluding hydrogens is 174 g/mol. The van der Waals surface area contributed by atoms with Gasteiger partial charge in [-0.1, -0.05) is 33.6 Å². The van der Waals surface area contributed by atoms with Crippen LogP contribution in [0.5, 0.6) is 0 Å². The van der Waals surface area contributed by atoms with E-state index in [0.29, 0.717) is 18.1 Å². The Morgan fingerprint density at radius 2 is 1.93 bits per heavy atom. The van der Waals surface area contributed by atoms with E-state index >= 15 is 0 Å². The molecule has 0 aromatic heterocycles. The Morgan fingerprint density at radius 3 is 2.50 bits per heavy atom. The molecule has 0 aromatic carbocycles.